The molecule has 31 heavy (non-hydrogen) atoms. The molecule has 2 heterocycles. The van der Waals surface area contributed by atoms with E-state index in [4.69, 9.17) is 15.2 Å². The molecule has 1 aromatic carbocycles. The smallest absolute Gasteiger partial charge is 0.264 e. The molecule has 0 spiro atoms. The van der Waals surface area contributed by atoms with Crippen molar-refractivity contribution in [3.05, 3.63) is 29.3 Å². The van der Waals surface area contributed by atoms with Crippen molar-refractivity contribution in [3.63, 3.8) is 0 Å². The lowest BCUT2D eigenvalue weighted by Crippen LogP contribution is -2.54. The van der Waals surface area contributed by atoms with Gasteiger partial charge in [-0.05, 0) is 37.9 Å². The fraction of sp³-hybridized carbons (Fsp3) is 0.524. The summed E-state index contributed by atoms with van der Waals surface area (Å²) in [5, 5.41) is 5.37. The van der Waals surface area contributed by atoms with Gasteiger partial charge in [-0.15, -0.1) is 0 Å². The lowest BCUT2D eigenvalue weighted by molar-refractivity contribution is -0.136. The van der Waals surface area contributed by atoms with E-state index >= 15 is 0 Å². The molecule has 4 N–H and O–H groups in total. The minimum absolute atomic E-state index is 0.0903. The van der Waals surface area contributed by atoms with Gasteiger partial charge in [-0.1, -0.05) is 6.07 Å². The Balaban J connectivity index is 1.51. The molecule has 2 aliphatic rings. The zero-order chi connectivity index (χ0) is 22.2. The van der Waals surface area contributed by atoms with Gasteiger partial charge in [0, 0.05) is 31.9 Å². The topological polar surface area (TPSA) is 140 Å². The Bertz CT molecular complexity index is 843. The molecule has 1 fully saturated rings. The summed E-state index contributed by atoms with van der Waals surface area (Å²) in [6.45, 7) is 3.33. The van der Waals surface area contributed by atoms with E-state index in [-0.39, 0.29) is 24.0 Å². The van der Waals surface area contributed by atoms with Gasteiger partial charge in [-0.3, -0.25) is 29.4 Å². The Morgan fingerprint density at radius 1 is 1.03 bits per heavy atom. The first-order chi connectivity index (χ1) is 15.0. The summed E-state index contributed by atoms with van der Waals surface area (Å²) in [7, 11) is 0. The van der Waals surface area contributed by atoms with Crippen LogP contribution in [0.15, 0.2) is 18.2 Å². The van der Waals surface area contributed by atoms with Crippen LogP contribution >= 0.6 is 0 Å². The third kappa shape index (κ3) is 5.46. The lowest BCUT2D eigenvalue weighted by Gasteiger charge is -2.27. The molecule has 1 saturated heterocycles. The first kappa shape index (κ1) is 22.9. The van der Waals surface area contributed by atoms with E-state index in [0.717, 1.165) is 11.3 Å². The second-order valence-corrected chi connectivity index (χ2v) is 7.32. The van der Waals surface area contributed by atoms with Gasteiger partial charge >= 0.3 is 0 Å². The number of hydrogen-bond donors (Lipinski definition) is 3. The fourth-order valence-corrected chi connectivity index (χ4v) is 3.57. The number of carbonyl (C=O) groups excluding carboxylic acids is 4. The van der Waals surface area contributed by atoms with E-state index in [1.54, 1.807) is 18.2 Å². The number of piperidine rings is 1. The van der Waals surface area contributed by atoms with Crippen LogP contribution in [0.2, 0.25) is 0 Å². The number of rotatable bonds is 12. The van der Waals surface area contributed by atoms with E-state index in [0.29, 0.717) is 51.6 Å². The number of nitrogens with one attached hydrogen (secondary N) is 2. The van der Waals surface area contributed by atoms with Crippen LogP contribution in [0.5, 0.6) is 0 Å². The van der Waals surface area contributed by atoms with Gasteiger partial charge in [0.15, 0.2) is 0 Å². The van der Waals surface area contributed by atoms with Crippen LogP contribution < -0.4 is 16.4 Å². The first-order valence-electron chi connectivity index (χ1n) is 10.5. The monoisotopic (exact) mass is 432 g/mol. The second-order valence-electron chi connectivity index (χ2n) is 7.32. The number of carbonyl (C=O) groups is 4. The molecule has 2 aliphatic heterocycles. The highest BCUT2D eigenvalue weighted by Gasteiger charge is 2.45. The molecule has 0 aliphatic carbocycles. The standard InChI is InChI=1S/C21H28N4O6/c22-8-2-10-30-12-13-31-11-3-9-23-15-5-1-4-14-18(15)21(29)25(20(14)28)16-6-7-17(26)24-19(16)27/h1,4-5,16,23H,2-3,6-13,22H2,(H,24,26,27). The van der Waals surface area contributed by atoms with Gasteiger partial charge in [0.2, 0.25) is 11.8 Å². The van der Waals surface area contributed by atoms with Crippen LogP contribution in [-0.4, -0.2) is 74.1 Å². The van der Waals surface area contributed by atoms with Crippen LogP contribution in [0.1, 0.15) is 46.4 Å². The molecule has 4 amide bonds. The number of amides is 4. The van der Waals surface area contributed by atoms with Crippen LogP contribution in [0.25, 0.3) is 0 Å². The van der Waals surface area contributed by atoms with Crippen molar-refractivity contribution < 1.29 is 28.7 Å². The number of fused-ring (bicyclic) bond motifs is 1. The number of nitrogens with zero attached hydrogens (tertiary/aromatic N) is 1. The summed E-state index contributed by atoms with van der Waals surface area (Å²) in [6, 6.07) is 4.01. The number of nitrogens with two attached hydrogens (primary N) is 1. The summed E-state index contributed by atoms with van der Waals surface area (Å²) in [5.41, 5.74) is 6.44. The number of hydrogen-bond acceptors (Lipinski definition) is 8. The van der Waals surface area contributed by atoms with Gasteiger partial charge in [0.1, 0.15) is 6.04 Å². The molecule has 10 heteroatoms. The zero-order valence-electron chi connectivity index (χ0n) is 17.4. The Hall–Kier alpha value is -2.82. The Morgan fingerprint density at radius 2 is 1.77 bits per heavy atom. The van der Waals surface area contributed by atoms with Crippen LogP contribution in [-0.2, 0) is 19.1 Å². The van der Waals surface area contributed by atoms with E-state index in [1.807, 2.05) is 0 Å². The molecule has 1 aromatic rings. The average Bonchev–Trinajstić information content (AvgIpc) is 3.01. The molecule has 1 unspecified atom stereocenters. The van der Waals surface area contributed by atoms with Crippen molar-refractivity contribution in [1.29, 1.82) is 0 Å². The number of imide groups is 2. The summed E-state index contributed by atoms with van der Waals surface area (Å²) in [6.07, 6.45) is 1.75. The van der Waals surface area contributed by atoms with Crippen molar-refractivity contribution in [2.24, 2.45) is 5.73 Å². The summed E-state index contributed by atoms with van der Waals surface area (Å²) in [4.78, 5) is 50.3. The highest BCUT2D eigenvalue weighted by molar-refractivity contribution is 6.25. The highest BCUT2D eigenvalue weighted by Crippen LogP contribution is 2.32. The van der Waals surface area contributed by atoms with Gasteiger partial charge in [-0.25, -0.2) is 0 Å². The van der Waals surface area contributed by atoms with Crippen molar-refractivity contribution in [1.82, 2.24) is 10.2 Å². The predicted octanol–water partition coefficient (Wildman–Crippen LogP) is 0.272. The number of benzene rings is 1. The Kier molecular flexibility index (Phi) is 8.10. The maximum absolute atomic E-state index is 13.0. The molecule has 0 saturated carbocycles. The number of anilines is 1. The molecule has 168 valence electrons. The first-order valence-corrected chi connectivity index (χ1v) is 10.5. The van der Waals surface area contributed by atoms with Crippen molar-refractivity contribution >= 4 is 29.3 Å². The fourth-order valence-electron chi connectivity index (χ4n) is 3.57. The lowest BCUT2D eigenvalue weighted by atomic mass is 10.0. The van der Waals surface area contributed by atoms with Gasteiger partial charge in [0.05, 0.1) is 24.3 Å². The summed E-state index contributed by atoms with van der Waals surface area (Å²) in [5.74, 6) is -2.06. The van der Waals surface area contributed by atoms with E-state index in [9.17, 15) is 19.2 Å². The summed E-state index contributed by atoms with van der Waals surface area (Å²) >= 11 is 0. The molecule has 0 aromatic heterocycles. The predicted molar refractivity (Wildman–Crippen MR) is 112 cm³/mol. The van der Waals surface area contributed by atoms with E-state index < -0.39 is 29.7 Å². The van der Waals surface area contributed by atoms with Crippen molar-refractivity contribution in [3.8, 4) is 0 Å². The molecule has 1 atom stereocenters. The second kappa shape index (κ2) is 11.0. The van der Waals surface area contributed by atoms with E-state index in [1.165, 1.54) is 0 Å². The minimum atomic E-state index is -0.974. The van der Waals surface area contributed by atoms with Crippen LogP contribution in [0.3, 0.4) is 0 Å². The quantitative estimate of drug-likeness (QED) is 0.316. The van der Waals surface area contributed by atoms with Crippen molar-refractivity contribution in [2.45, 2.75) is 31.7 Å². The molecule has 10 nitrogen and oxygen atoms in total. The van der Waals surface area contributed by atoms with Crippen LogP contribution in [0.4, 0.5) is 5.69 Å². The number of ether oxygens (including phenoxy) is 2. The van der Waals surface area contributed by atoms with Crippen LogP contribution in [0, 0.1) is 0 Å². The Labute approximate surface area is 180 Å². The molecule has 3 rings (SSSR count). The van der Waals surface area contributed by atoms with Gasteiger partial charge < -0.3 is 20.5 Å². The maximum Gasteiger partial charge on any atom is 0.264 e. The molecular formula is C21H28N4O6. The normalized spacial score (nSPS) is 18.4. The molecular weight excluding hydrogens is 404 g/mol. The van der Waals surface area contributed by atoms with Crippen molar-refractivity contribution in [2.75, 3.05) is 44.8 Å². The third-order valence-electron chi connectivity index (χ3n) is 5.11. The molecule has 0 radical (unpaired) electrons. The van der Waals surface area contributed by atoms with Gasteiger partial charge in [-0.2, -0.15) is 0 Å². The maximum atomic E-state index is 13.0. The average molecular weight is 432 g/mol. The summed E-state index contributed by atoms with van der Waals surface area (Å²) < 4.78 is 10.9. The highest BCUT2D eigenvalue weighted by atomic mass is 16.5. The molecule has 0 bridgehead atoms. The van der Waals surface area contributed by atoms with Gasteiger partial charge in [0.25, 0.3) is 11.8 Å². The zero-order valence-corrected chi connectivity index (χ0v) is 17.4. The van der Waals surface area contributed by atoms with E-state index in [2.05, 4.69) is 10.6 Å². The SMILES string of the molecule is NCCCOCCOCCCNc1cccc2c1C(=O)N(C1CCC(=O)NC1=O)C2=O. The third-order valence-corrected chi connectivity index (χ3v) is 5.11. The largest absolute Gasteiger partial charge is 0.384 e. The Morgan fingerprint density at radius 3 is 2.48 bits per heavy atom. The minimum Gasteiger partial charge on any atom is -0.384 e.